The molecule has 1 fully saturated rings. The summed E-state index contributed by atoms with van der Waals surface area (Å²) in [5, 5.41) is 7.67. The van der Waals surface area contributed by atoms with Crippen molar-refractivity contribution in [2.24, 2.45) is 0 Å². The molecule has 0 radical (unpaired) electrons. The van der Waals surface area contributed by atoms with E-state index in [1.165, 1.54) is 36.9 Å². The molecule has 2 aromatic rings. The number of benzene rings is 1. The molecular formula is C16H19N3O. The lowest BCUT2D eigenvalue weighted by Gasteiger charge is -2.23. The molecule has 4 heteroatoms. The molecule has 1 aromatic carbocycles. The third-order valence-corrected chi connectivity index (χ3v) is 4.56. The molecule has 20 heavy (non-hydrogen) atoms. The Morgan fingerprint density at radius 2 is 1.95 bits per heavy atom. The Hall–Kier alpha value is -1.84. The van der Waals surface area contributed by atoms with Gasteiger partial charge >= 0.3 is 0 Å². The molecule has 0 bridgehead atoms. The highest BCUT2D eigenvalue weighted by Crippen LogP contribution is 2.37. The Labute approximate surface area is 118 Å². The molecule has 0 spiro atoms. The summed E-state index contributed by atoms with van der Waals surface area (Å²) in [4.78, 5) is 4.71. The number of hydrogen-bond acceptors (Lipinski definition) is 4. The Morgan fingerprint density at radius 1 is 1.10 bits per heavy atom. The molecule has 1 saturated carbocycles. The van der Waals surface area contributed by atoms with Crippen molar-refractivity contribution in [3.63, 3.8) is 0 Å². The maximum Gasteiger partial charge on any atom is 0.234 e. The Morgan fingerprint density at radius 3 is 2.85 bits per heavy atom. The van der Waals surface area contributed by atoms with Gasteiger partial charge in [-0.15, -0.1) is 0 Å². The summed E-state index contributed by atoms with van der Waals surface area (Å²) < 4.78 is 5.58. The minimum absolute atomic E-state index is 0.245. The molecule has 104 valence electrons. The number of nitrogens with one attached hydrogen (secondary N) is 1. The zero-order chi connectivity index (χ0) is 13.4. The largest absolute Gasteiger partial charge is 0.385 e. The smallest absolute Gasteiger partial charge is 0.234 e. The number of fused-ring (bicyclic) bond motifs is 1. The maximum absolute atomic E-state index is 5.58. The fourth-order valence-electron chi connectivity index (χ4n) is 3.46. The van der Waals surface area contributed by atoms with Gasteiger partial charge in [-0.05, 0) is 30.9 Å². The molecule has 1 aliphatic carbocycles. The summed E-state index contributed by atoms with van der Waals surface area (Å²) in [7, 11) is 0. The lowest BCUT2D eigenvalue weighted by Crippen LogP contribution is -2.17. The molecule has 2 aliphatic rings. The zero-order valence-corrected chi connectivity index (χ0v) is 11.5. The summed E-state index contributed by atoms with van der Waals surface area (Å²) in [5.41, 5.74) is 2.48. The lowest BCUT2D eigenvalue weighted by atomic mass is 9.91. The van der Waals surface area contributed by atoms with E-state index in [2.05, 4.69) is 34.7 Å². The number of anilines is 1. The lowest BCUT2D eigenvalue weighted by molar-refractivity contribution is 0.353. The fraction of sp³-hybridized carbons (Fsp3) is 0.500. The molecule has 1 atom stereocenters. The van der Waals surface area contributed by atoms with Gasteiger partial charge in [0.25, 0.3) is 0 Å². The van der Waals surface area contributed by atoms with Crippen molar-refractivity contribution in [1.29, 1.82) is 0 Å². The highest BCUT2D eigenvalue weighted by Gasteiger charge is 2.28. The Kier molecular flexibility index (Phi) is 2.94. The van der Waals surface area contributed by atoms with Gasteiger partial charge in [0.2, 0.25) is 5.89 Å². The number of rotatable bonds is 2. The average Bonchev–Trinajstić information content (AvgIpc) is 3.17. The molecule has 0 amide bonds. The number of para-hydroxylation sites is 1. The summed E-state index contributed by atoms with van der Waals surface area (Å²) in [6.45, 7) is 0.961. The maximum atomic E-state index is 5.58. The molecule has 1 unspecified atom stereocenters. The second kappa shape index (κ2) is 4.93. The first-order valence-electron chi connectivity index (χ1n) is 7.58. The predicted octanol–water partition coefficient (Wildman–Crippen LogP) is 3.67. The first-order valence-corrected chi connectivity index (χ1v) is 7.58. The van der Waals surface area contributed by atoms with Gasteiger partial charge in [-0.3, -0.25) is 0 Å². The second-order valence-corrected chi connectivity index (χ2v) is 5.83. The van der Waals surface area contributed by atoms with Crippen LogP contribution in [0.5, 0.6) is 0 Å². The van der Waals surface area contributed by atoms with Crippen LogP contribution < -0.4 is 5.32 Å². The van der Waals surface area contributed by atoms with Crippen molar-refractivity contribution < 1.29 is 4.52 Å². The van der Waals surface area contributed by atoms with Gasteiger partial charge in [0.1, 0.15) is 0 Å². The van der Waals surface area contributed by atoms with Gasteiger partial charge in [-0.25, -0.2) is 0 Å². The predicted molar refractivity (Wildman–Crippen MR) is 76.9 cm³/mol. The molecule has 4 rings (SSSR count). The van der Waals surface area contributed by atoms with E-state index in [1.54, 1.807) is 0 Å². The number of aromatic nitrogens is 2. The van der Waals surface area contributed by atoms with Crippen LogP contribution in [0.25, 0.3) is 0 Å². The van der Waals surface area contributed by atoms with Crippen molar-refractivity contribution in [1.82, 2.24) is 10.1 Å². The van der Waals surface area contributed by atoms with Crippen molar-refractivity contribution in [3.8, 4) is 0 Å². The standard InChI is InChI=1S/C16H19N3O/c1-2-6-11(5-1)15-18-16(20-19-15)13-9-10-17-14-8-4-3-7-12(13)14/h3-4,7-8,11,13,17H,1-2,5-6,9-10H2. The molecule has 1 N–H and O–H groups in total. The fourth-order valence-corrected chi connectivity index (χ4v) is 3.46. The third-order valence-electron chi connectivity index (χ3n) is 4.56. The zero-order valence-electron chi connectivity index (χ0n) is 11.5. The molecule has 2 heterocycles. The molecule has 0 saturated heterocycles. The van der Waals surface area contributed by atoms with E-state index in [0.29, 0.717) is 5.92 Å². The van der Waals surface area contributed by atoms with Crippen molar-refractivity contribution in [2.45, 2.75) is 43.9 Å². The quantitative estimate of drug-likeness (QED) is 0.903. The van der Waals surface area contributed by atoms with Gasteiger partial charge in [0, 0.05) is 18.2 Å². The highest BCUT2D eigenvalue weighted by molar-refractivity contribution is 5.56. The SMILES string of the molecule is c1ccc2c(c1)NCCC2c1nc(C2CCCC2)no1. The van der Waals surface area contributed by atoms with Crippen molar-refractivity contribution in [2.75, 3.05) is 11.9 Å². The normalized spacial score (nSPS) is 22.5. The summed E-state index contributed by atoms with van der Waals surface area (Å²) in [6, 6.07) is 8.42. The van der Waals surface area contributed by atoms with Gasteiger partial charge < -0.3 is 9.84 Å². The first-order chi connectivity index (χ1) is 9.92. The number of nitrogens with zero attached hydrogens (tertiary/aromatic N) is 2. The van der Waals surface area contributed by atoms with E-state index in [9.17, 15) is 0 Å². The Bertz CT molecular complexity index is 601. The monoisotopic (exact) mass is 269 g/mol. The topological polar surface area (TPSA) is 51.0 Å². The first kappa shape index (κ1) is 11.9. The van der Waals surface area contributed by atoms with Gasteiger partial charge in [-0.2, -0.15) is 4.98 Å². The highest BCUT2D eigenvalue weighted by atomic mass is 16.5. The second-order valence-electron chi connectivity index (χ2n) is 5.83. The Balaban J connectivity index is 1.65. The third kappa shape index (κ3) is 1.99. The summed E-state index contributed by atoms with van der Waals surface area (Å²) in [6.07, 6.45) is 6.03. The van der Waals surface area contributed by atoms with Crippen LogP contribution >= 0.6 is 0 Å². The molecule has 1 aliphatic heterocycles. The van der Waals surface area contributed by atoms with Crippen LogP contribution in [-0.4, -0.2) is 16.7 Å². The minimum atomic E-state index is 0.245. The summed E-state index contributed by atoms with van der Waals surface area (Å²) in [5.74, 6) is 2.48. The van der Waals surface area contributed by atoms with Gasteiger partial charge in [0.05, 0.1) is 5.92 Å². The van der Waals surface area contributed by atoms with Crippen LogP contribution in [0.3, 0.4) is 0 Å². The minimum Gasteiger partial charge on any atom is -0.385 e. The van der Waals surface area contributed by atoms with E-state index < -0.39 is 0 Å². The van der Waals surface area contributed by atoms with E-state index in [1.807, 2.05) is 0 Å². The van der Waals surface area contributed by atoms with Crippen LogP contribution in [0.4, 0.5) is 5.69 Å². The van der Waals surface area contributed by atoms with E-state index >= 15 is 0 Å². The van der Waals surface area contributed by atoms with Gasteiger partial charge in [0.15, 0.2) is 5.82 Å². The summed E-state index contributed by atoms with van der Waals surface area (Å²) >= 11 is 0. The molecule has 1 aromatic heterocycles. The van der Waals surface area contributed by atoms with E-state index in [-0.39, 0.29) is 5.92 Å². The van der Waals surface area contributed by atoms with E-state index in [4.69, 9.17) is 9.51 Å². The van der Waals surface area contributed by atoms with Crippen molar-refractivity contribution in [3.05, 3.63) is 41.5 Å². The average molecular weight is 269 g/mol. The van der Waals surface area contributed by atoms with Crippen LogP contribution in [0, 0.1) is 0 Å². The molecular weight excluding hydrogens is 250 g/mol. The van der Waals surface area contributed by atoms with Crippen LogP contribution in [0.15, 0.2) is 28.8 Å². The number of hydrogen-bond donors (Lipinski definition) is 1. The van der Waals surface area contributed by atoms with Crippen molar-refractivity contribution >= 4 is 5.69 Å². The van der Waals surface area contributed by atoms with Gasteiger partial charge in [-0.1, -0.05) is 36.2 Å². The molecule has 4 nitrogen and oxygen atoms in total. The van der Waals surface area contributed by atoms with Crippen LogP contribution in [0.1, 0.15) is 61.2 Å². The van der Waals surface area contributed by atoms with Crippen LogP contribution in [-0.2, 0) is 0 Å². The van der Waals surface area contributed by atoms with E-state index in [0.717, 1.165) is 24.7 Å². The van der Waals surface area contributed by atoms with Crippen LogP contribution in [0.2, 0.25) is 0 Å².